The molecule has 80 valence electrons. The molecule has 0 aliphatic rings. The van der Waals surface area contributed by atoms with Crippen LogP contribution in [-0.4, -0.2) is 14.1 Å². The van der Waals surface area contributed by atoms with Crippen LogP contribution in [0.4, 0.5) is 0 Å². The fraction of sp³-hybridized carbons (Fsp3) is 0.200. The van der Waals surface area contributed by atoms with Gasteiger partial charge in [0.15, 0.2) is 0 Å². The quantitative estimate of drug-likeness (QED) is 0.688. The minimum atomic E-state index is -0.975. The van der Waals surface area contributed by atoms with Gasteiger partial charge in [-0.3, -0.25) is 0 Å². The van der Waals surface area contributed by atoms with Gasteiger partial charge in [0, 0.05) is 0 Å². The zero-order valence-electron chi connectivity index (χ0n) is 10.2. The molecule has 0 aliphatic heterocycles. The summed E-state index contributed by atoms with van der Waals surface area (Å²) in [5.41, 5.74) is 2.73. The van der Waals surface area contributed by atoms with Crippen molar-refractivity contribution in [2.75, 3.05) is 0 Å². The molecule has 2 aromatic rings. The van der Waals surface area contributed by atoms with Gasteiger partial charge in [-0.05, 0) is 13.8 Å². The number of rotatable bonds is 2. The molecular formula is C15H17Al. The highest BCUT2D eigenvalue weighted by Gasteiger charge is 2.15. The highest BCUT2D eigenvalue weighted by atomic mass is 27.2. The Morgan fingerprint density at radius 3 is 1.56 bits per heavy atom. The first-order chi connectivity index (χ1) is 7.66. The Bertz CT molecular complexity index is 443. The SMILES string of the molecule is Cc1ccc[c]([Al]([CH3])[c]2cccc(C)c2)c1. The van der Waals surface area contributed by atoms with E-state index >= 15 is 0 Å². The summed E-state index contributed by atoms with van der Waals surface area (Å²) in [5.74, 6) is 2.41. The van der Waals surface area contributed by atoms with Crippen LogP contribution >= 0.6 is 0 Å². The molecule has 0 spiro atoms. The van der Waals surface area contributed by atoms with E-state index in [2.05, 4.69) is 68.2 Å². The van der Waals surface area contributed by atoms with E-state index in [0.29, 0.717) is 0 Å². The Hall–Kier alpha value is -1.03. The van der Waals surface area contributed by atoms with Gasteiger partial charge in [-0.15, -0.1) is 8.85 Å². The van der Waals surface area contributed by atoms with Crippen molar-refractivity contribution in [1.29, 1.82) is 0 Å². The molecule has 0 amide bonds. The van der Waals surface area contributed by atoms with Crippen LogP contribution < -0.4 is 8.85 Å². The van der Waals surface area contributed by atoms with Crippen molar-refractivity contribution < 1.29 is 0 Å². The summed E-state index contributed by atoms with van der Waals surface area (Å²) in [5, 5.41) is 0. The molecule has 0 heterocycles. The number of hydrogen-bond donors (Lipinski definition) is 0. The number of hydrogen-bond acceptors (Lipinski definition) is 0. The first kappa shape index (κ1) is 11.5. The third kappa shape index (κ3) is 2.56. The van der Waals surface area contributed by atoms with E-state index in [-0.39, 0.29) is 0 Å². The van der Waals surface area contributed by atoms with E-state index in [0.717, 1.165) is 0 Å². The fourth-order valence-electron chi connectivity index (χ4n) is 2.07. The van der Waals surface area contributed by atoms with Crippen LogP contribution in [-0.2, 0) is 0 Å². The Morgan fingerprint density at radius 1 is 0.750 bits per heavy atom. The Labute approximate surface area is 102 Å². The summed E-state index contributed by atoms with van der Waals surface area (Å²) < 4.78 is 3.07. The van der Waals surface area contributed by atoms with Gasteiger partial charge in [0.05, 0.1) is 0 Å². The Morgan fingerprint density at radius 2 is 1.19 bits per heavy atom. The van der Waals surface area contributed by atoms with Gasteiger partial charge >= 0.3 is 14.1 Å². The normalized spacial score (nSPS) is 10.2. The minimum Gasteiger partial charge on any atom is -0.104 e. The van der Waals surface area contributed by atoms with E-state index in [1.54, 1.807) is 0 Å². The smallest absolute Gasteiger partial charge is 0.104 e. The molecule has 0 bridgehead atoms. The maximum atomic E-state index is 2.41. The molecule has 2 rings (SSSR count). The highest BCUT2D eigenvalue weighted by molar-refractivity contribution is 6.84. The van der Waals surface area contributed by atoms with Crippen molar-refractivity contribution in [3.8, 4) is 0 Å². The van der Waals surface area contributed by atoms with Crippen LogP contribution in [0, 0.1) is 13.8 Å². The first-order valence-electron chi connectivity index (χ1n) is 5.80. The predicted molar refractivity (Wildman–Crippen MR) is 73.2 cm³/mol. The van der Waals surface area contributed by atoms with E-state index in [1.807, 2.05) is 0 Å². The van der Waals surface area contributed by atoms with Crippen molar-refractivity contribution in [3.63, 3.8) is 0 Å². The zero-order valence-corrected chi connectivity index (χ0v) is 11.4. The second kappa shape index (κ2) is 4.87. The lowest BCUT2D eigenvalue weighted by Gasteiger charge is -2.09. The number of benzene rings is 2. The van der Waals surface area contributed by atoms with Crippen molar-refractivity contribution in [1.82, 2.24) is 0 Å². The standard InChI is InChI=1S/2C7H7.CH3.Al/c2*1-7-5-3-2-4-6-7;;/h2*2-3,5-6H,1H3;1H3;. The van der Waals surface area contributed by atoms with Crippen LogP contribution in [0.25, 0.3) is 0 Å². The first-order valence-corrected chi connectivity index (χ1v) is 8.11. The summed E-state index contributed by atoms with van der Waals surface area (Å²) in [4.78, 5) is 0. The second-order valence-electron chi connectivity index (χ2n) is 4.55. The summed E-state index contributed by atoms with van der Waals surface area (Å²) in [7, 11) is 0. The van der Waals surface area contributed by atoms with E-state index in [1.165, 1.54) is 20.0 Å². The topological polar surface area (TPSA) is 0 Å². The maximum Gasteiger partial charge on any atom is 0.342 e. The molecule has 0 fully saturated rings. The molecule has 16 heavy (non-hydrogen) atoms. The zero-order chi connectivity index (χ0) is 11.5. The molecule has 0 nitrogen and oxygen atoms in total. The van der Waals surface area contributed by atoms with Gasteiger partial charge in [-0.2, -0.15) is 0 Å². The van der Waals surface area contributed by atoms with E-state index < -0.39 is 14.1 Å². The Balaban J connectivity index is 2.35. The molecule has 0 atom stereocenters. The van der Waals surface area contributed by atoms with Crippen molar-refractivity contribution in [2.45, 2.75) is 19.6 Å². The third-order valence-electron chi connectivity index (χ3n) is 3.08. The molecule has 0 N–H and O–H groups in total. The lowest BCUT2D eigenvalue weighted by atomic mass is 10.2. The number of aryl methyl sites for hydroxylation is 2. The summed E-state index contributed by atoms with van der Waals surface area (Å²) in [6.45, 7) is 4.34. The largest absolute Gasteiger partial charge is 0.342 e. The molecule has 1 heteroatoms. The summed E-state index contributed by atoms with van der Waals surface area (Å²) >= 11 is -0.975. The van der Waals surface area contributed by atoms with Crippen LogP contribution in [0.5, 0.6) is 0 Å². The molecule has 0 saturated heterocycles. The van der Waals surface area contributed by atoms with E-state index in [9.17, 15) is 0 Å². The molecule has 0 saturated carbocycles. The average molecular weight is 224 g/mol. The average Bonchev–Trinajstić information content (AvgIpc) is 2.28. The van der Waals surface area contributed by atoms with Crippen LogP contribution in [0.2, 0.25) is 5.79 Å². The Kier molecular flexibility index (Phi) is 3.49. The summed E-state index contributed by atoms with van der Waals surface area (Å²) in [6.07, 6.45) is 0. The third-order valence-corrected chi connectivity index (χ3v) is 5.80. The van der Waals surface area contributed by atoms with Gasteiger partial charge < -0.3 is 0 Å². The van der Waals surface area contributed by atoms with Gasteiger partial charge in [0.25, 0.3) is 0 Å². The minimum absolute atomic E-state index is 0.975. The molecule has 0 aromatic heterocycles. The fourth-order valence-corrected chi connectivity index (χ4v) is 4.28. The second-order valence-corrected chi connectivity index (χ2v) is 7.33. The van der Waals surface area contributed by atoms with Crippen LogP contribution in [0.1, 0.15) is 11.1 Å². The van der Waals surface area contributed by atoms with Gasteiger partial charge in [-0.25, -0.2) is 0 Å². The van der Waals surface area contributed by atoms with Gasteiger partial charge in [0.1, 0.15) is 0 Å². The van der Waals surface area contributed by atoms with Crippen LogP contribution in [0.3, 0.4) is 0 Å². The lowest BCUT2D eigenvalue weighted by Crippen LogP contribution is -2.39. The van der Waals surface area contributed by atoms with Crippen molar-refractivity contribution in [2.24, 2.45) is 0 Å². The molecule has 0 aliphatic carbocycles. The molecular weight excluding hydrogens is 207 g/mol. The highest BCUT2D eigenvalue weighted by Crippen LogP contribution is 1.99. The molecule has 0 unspecified atom stereocenters. The van der Waals surface area contributed by atoms with Gasteiger partial charge in [0.2, 0.25) is 0 Å². The molecule has 0 radical (unpaired) electrons. The lowest BCUT2D eigenvalue weighted by molar-refractivity contribution is 1.48. The summed E-state index contributed by atoms with van der Waals surface area (Å²) in [6, 6.07) is 17.9. The maximum absolute atomic E-state index is 2.41. The van der Waals surface area contributed by atoms with Crippen molar-refractivity contribution >= 4 is 23.0 Å². The predicted octanol–water partition coefficient (Wildman–Crippen LogP) is 2.54. The monoisotopic (exact) mass is 224 g/mol. The van der Waals surface area contributed by atoms with Crippen LogP contribution in [0.15, 0.2) is 48.5 Å². The molecule has 2 aromatic carbocycles. The van der Waals surface area contributed by atoms with Gasteiger partial charge in [-0.1, -0.05) is 65.4 Å². The van der Waals surface area contributed by atoms with E-state index in [4.69, 9.17) is 0 Å². The van der Waals surface area contributed by atoms with Crippen molar-refractivity contribution in [3.05, 3.63) is 59.7 Å².